The lowest BCUT2D eigenvalue weighted by atomic mass is 10.3. The number of nitrogens with zero attached hydrogens (tertiary/aromatic N) is 1. The molecule has 13 heavy (non-hydrogen) atoms. The first-order valence-electron chi connectivity index (χ1n) is 3.24. The minimum atomic E-state index is -2.97. The van der Waals surface area contributed by atoms with Gasteiger partial charge < -0.3 is 9.84 Å². The van der Waals surface area contributed by atoms with Gasteiger partial charge in [-0.15, -0.1) is 0 Å². The number of alkyl halides is 2. The fourth-order valence-corrected chi connectivity index (χ4v) is 0.704. The number of carbonyl (C=O) groups is 1. The molecule has 0 atom stereocenters. The molecule has 0 unspecified atom stereocenters. The van der Waals surface area contributed by atoms with Crippen LogP contribution in [0.15, 0.2) is 18.3 Å². The second-order valence-corrected chi connectivity index (χ2v) is 2.06. The molecule has 0 saturated carbocycles. The third-order valence-corrected chi connectivity index (χ3v) is 1.18. The van der Waals surface area contributed by atoms with E-state index in [1.165, 1.54) is 0 Å². The number of pyridine rings is 1. The lowest BCUT2D eigenvalue weighted by molar-refractivity contribution is -0.0499. The van der Waals surface area contributed by atoms with Crippen molar-refractivity contribution in [3.63, 3.8) is 0 Å². The molecule has 1 N–H and O–H groups in total. The van der Waals surface area contributed by atoms with Crippen LogP contribution in [0, 0.1) is 0 Å². The Hall–Kier alpha value is -1.72. The van der Waals surface area contributed by atoms with Crippen molar-refractivity contribution in [2.24, 2.45) is 0 Å². The predicted octanol–water partition coefficient (Wildman–Crippen LogP) is 1.38. The first kappa shape index (κ1) is 9.37. The first-order valence-corrected chi connectivity index (χ1v) is 3.24. The van der Waals surface area contributed by atoms with Crippen molar-refractivity contribution in [3.8, 4) is 5.75 Å². The maximum atomic E-state index is 11.7. The molecular weight excluding hydrogens is 184 g/mol. The van der Waals surface area contributed by atoms with Crippen LogP contribution >= 0.6 is 0 Å². The first-order chi connectivity index (χ1) is 6.09. The van der Waals surface area contributed by atoms with Crippen molar-refractivity contribution in [1.29, 1.82) is 0 Å². The fraction of sp³-hybridized carbons (Fsp3) is 0.143. The van der Waals surface area contributed by atoms with Crippen LogP contribution in [0.4, 0.5) is 8.78 Å². The Morgan fingerprint density at radius 1 is 1.62 bits per heavy atom. The maximum Gasteiger partial charge on any atom is 0.387 e. The summed E-state index contributed by atoms with van der Waals surface area (Å²) in [5.41, 5.74) is -0.335. The summed E-state index contributed by atoms with van der Waals surface area (Å²) in [6.45, 7) is -2.97. The van der Waals surface area contributed by atoms with E-state index < -0.39 is 12.6 Å². The molecule has 1 rings (SSSR count). The van der Waals surface area contributed by atoms with Crippen molar-refractivity contribution >= 4 is 5.97 Å². The van der Waals surface area contributed by atoms with Crippen molar-refractivity contribution < 1.29 is 23.4 Å². The van der Waals surface area contributed by atoms with E-state index in [2.05, 4.69) is 9.72 Å². The normalized spacial score (nSPS) is 10.1. The molecule has 0 radical (unpaired) electrons. The van der Waals surface area contributed by atoms with Gasteiger partial charge in [-0.3, -0.25) is 0 Å². The molecule has 0 aliphatic rings. The van der Waals surface area contributed by atoms with Crippen molar-refractivity contribution in [2.75, 3.05) is 0 Å². The Balaban J connectivity index is 2.85. The highest BCUT2D eigenvalue weighted by Crippen LogP contribution is 2.13. The number of rotatable bonds is 3. The van der Waals surface area contributed by atoms with Crippen molar-refractivity contribution in [1.82, 2.24) is 4.98 Å². The van der Waals surface area contributed by atoms with Crippen LogP contribution in [0.2, 0.25) is 0 Å². The minimum Gasteiger partial charge on any atom is -0.477 e. The third kappa shape index (κ3) is 2.66. The van der Waals surface area contributed by atoms with Crippen LogP contribution in [-0.4, -0.2) is 22.7 Å². The molecule has 4 nitrogen and oxygen atoms in total. The van der Waals surface area contributed by atoms with E-state index in [4.69, 9.17) is 5.11 Å². The molecule has 1 heterocycles. The highest BCUT2D eigenvalue weighted by molar-refractivity contribution is 5.85. The summed E-state index contributed by atoms with van der Waals surface area (Å²) in [5, 5.41) is 8.44. The number of hydrogen-bond donors (Lipinski definition) is 1. The number of hydrogen-bond acceptors (Lipinski definition) is 3. The molecule has 0 saturated heterocycles. The molecule has 0 aliphatic carbocycles. The van der Waals surface area contributed by atoms with Gasteiger partial charge in [-0.2, -0.15) is 8.78 Å². The van der Waals surface area contributed by atoms with E-state index in [1.54, 1.807) is 0 Å². The zero-order chi connectivity index (χ0) is 9.84. The van der Waals surface area contributed by atoms with Gasteiger partial charge in [0.05, 0.1) is 0 Å². The average Bonchev–Trinajstić information content (AvgIpc) is 2.03. The van der Waals surface area contributed by atoms with E-state index >= 15 is 0 Å². The summed E-state index contributed by atoms with van der Waals surface area (Å²) in [5.74, 6) is -1.51. The molecule has 1 aromatic heterocycles. The van der Waals surface area contributed by atoms with Crippen LogP contribution in [0.5, 0.6) is 5.75 Å². The van der Waals surface area contributed by atoms with E-state index in [9.17, 15) is 13.6 Å². The standard InChI is InChI=1S/C7H5F2NO3/c8-7(9)13-4-1-2-10-5(3-4)6(11)12/h1-3,7H,(H,11,12). The Labute approximate surface area is 71.8 Å². The highest BCUT2D eigenvalue weighted by Gasteiger charge is 2.08. The van der Waals surface area contributed by atoms with Gasteiger partial charge in [-0.25, -0.2) is 9.78 Å². The number of carboxylic acids is 1. The second-order valence-electron chi connectivity index (χ2n) is 2.06. The van der Waals surface area contributed by atoms with Gasteiger partial charge in [0.1, 0.15) is 5.75 Å². The quantitative estimate of drug-likeness (QED) is 0.780. The zero-order valence-electron chi connectivity index (χ0n) is 6.28. The summed E-state index contributed by atoms with van der Waals surface area (Å²) in [7, 11) is 0. The van der Waals surface area contributed by atoms with Crippen LogP contribution in [0.1, 0.15) is 10.5 Å². The Bertz CT molecular complexity index is 316. The van der Waals surface area contributed by atoms with E-state index in [0.717, 1.165) is 18.3 Å². The number of carboxylic acid groups (broad SMARTS) is 1. The highest BCUT2D eigenvalue weighted by atomic mass is 19.3. The molecule has 70 valence electrons. The van der Waals surface area contributed by atoms with E-state index in [-0.39, 0.29) is 11.4 Å². The topological polar surface area (TPSA) is 59.4 Å². The zero-order valence-corrected chi connectivity index (χ0v) is 6.28. The van der Waals surface area contributed by atoms with Crippen LogP contribution < -0.4 is 4.74 Å². The second kappa shape index (κ2) is 3.79. The summed E-state index contributed by atoms with van der Waals surface area (Å²) < 4.78 is 27.3. The molecule has 0 aliphatic heterocycles. The molecule has 0 spiro atoms. The maximum absolute atomic E-state index is 11.7. The smallest absolute Gasteiger partial charge is 0.387 e. The largest absolute Gasteiger partial charge is 0.477 e. The van der Waals surface area contributed by atoms with Gasteiger partial charge in [-0.05, 0) is 6.07 Å². The molecule has 1 aromatic rings. The summed E-state index contributed by atoms with van der Waals surface area (Å²) in [6, 6.07) is 2.08. The van der Waals surface area contributed by atoms with E-state index in [1.807, 2.05) is 0 Å². The molecule has 0 amide bonds. The summed E-state index contributed by atoms with van der Waals surface area (Å²) >= 11 is 0. The van der Waals surface area contributed by atoms with Gasteiger partial charge in [0.25, 0.3) is 0 Å². The van der Waals surface area contributed by atoms with Gasteiger partial charge in [0.2, 0.25) is 0 Å². The Morgan fingerprint density at radius 3 is 2.85 bits per heavy atom. The van der Waals surface area contributed by atoms with Gasteiger partial charge in [-0.1, -0.05) is 0 Å². The average molecular weight is 189 g/mol. The SMILES string of the molecule is O=C(O)c1cc(OC(F)F)ccn1. The Morgan fingerprint density at radius 2 is 2.31 bits per heavy atom. The van der Waals surface area contributed by atoms with E-state index in [0.29, 0.717) is 0 Å². The monoisotopic (exact) mass is 189 g/mol. The van der Waals surface area contributed by atoms with Crippen LogP contribution in [-0.2, 0) is 0 Å². The van der Waals surface area contributed by atoms with Crippen LogP contribution in [0.3, 0.4) is 0 Å². The lowest BCUT2D eigenvalue weighted by Crippen LogP contribution is -2.05. The minimum absolute atomic E-state index is 0.220. The molecule has 0 bridgehead atoms. The third-order valence-electron chi connectivity index (χ3n) is 1.18. The van der Waals surface area contributed by atoms with Gasteiger partial charge in [0.15, 0.2) is 5.69 Å². The number of ether oxygens (including phenoxy) is 1. The molecule has 0 fully saturated rings. The fourth-order valence-electron chi connectivity index (χ4n) is 0.704. The van der Waals surface area contributed by atoms with Gasteiger partial charge >= 0.3 is 12.6 Å². The Kier molecular flexibility index (Phi) is 2.73. The lowest BCUT2D eigenvalue weighted by Gasteiger charge is -2.03. The van der Waals surface area contributed by atoms with Crippen molar-refractivity contribution in [3.05, 3.63) is 24.0 Å². The molecular formula is C7H5F2NO3. The number of aromatic carboxylic acids is 1. The number of aromatic nitrogens is 1. The molecule has 0 aromatic carbocycles. The van der Waals surface area contributed by atoms with Gasteiger partial charge in [0, 0.05) is 12.3 Å². The summed E-state index contributed by atoms with van der Waals surface area (Å²) in [4.78, 5) is 13.8. The number of halogens is 2. The van der Waals surface area contributed by atoms with Crippen molar-refractivity contribution in [2.45, 2.75) is 6.61 Å². The predicted molar refractivity (Wildman–Crippen MR) is 37.8 cm³/mol. The molecule has 6 heteroatoms. The summed E-state index contributed by atoms with van der Waals surface area (Å²) in [6.07, 6.45) is 1.08. The van der Waals surface area contributed by atoms with Crippen LogP contribution in [0.25, 0.3) is 0 Å².